The molecule has 0 fully saturated rings. The van der Waals surface area contributed by atoms with E-state index in [-0.39, 0.29) is 11.5 Å². The van der Waals surface area contributed by atoms with Gasteiger partial charge in [-0.2, -0.15) is 20.2 Å². The van der Waals surface area contributed by atoms with E-state index in [9.17, 15) is 19.5 Å². The van der Waals surface area contributed by atoms with E-state index in [2.05, 4.69) is 20.2 Å². The van der Waals surface area contributed by atoms with Gasteiger partial charge in [0.05, 0.1) is 39.0 Å². The molecule has 0 aliphatic heterocycles. The highest BCUT2D eigenvalue weighted by Crippen LogP contribution is 2.17. The summed E-state index contributed by atoms with van der Waals surface area (Å²) in [6, 6.07) is 16.1. The van der Waals surface area contributed by atoms with Crippen LogP contribution >= 0.6 is 0 Å². The average Bonchev–Trinajstić information content (AvgIpc) is 3.81. The number of allylic oxidation sites excluding steroid dienone is 2. The molecule has 0 saturated heterocycles. The number of carbonyl (C=O) groups is 3. The minimum absolute atomic E-state index is 0.128. The third-order valence-corrected chi connectivity index (χ3v) is 8.48. The Hall–Kier alpha value is -6.05. The van der Waals surface area contributed by atoms with Crippen LogP contribution in [0.1, 0.15) is 56.6 Å². The second-order valence-electron chi connectivity index (χ2n) is 11.7. The van der Waals surface area contributed by atoms with Crippen molar-refractivity contribution in [2.45, 2.75) is 53.9 Å². The van der Waals surface area contributed by atoms with Gasteiger partial charge in [-0.3, -0.25) is 19.0 Å². The van der Waals surface area contributed by atoms with Gasteiger partial charge in [0.2, 0.25) is 11.2 Å². The van der Waals surface area contributed by atoms with Crippen LogP contribution in [-0.2, 0) is 40.3 Å². The molecule has 252 valence electrons. The summed E-state index contributed by atoms with van der Waals surface area (Å²) in [6.45, 7) is 9.29. The molecular formula is C35H38N10O4. The van der Waals surface area contributed by atoms with Crippen LogP contribution in [0.5, 0.6) is 0 Å². The van der Waals surface area contributed by atoms with E-state index in [1.54, 1.807) is 45.2 Å². The molecule has 2 aromatic carbocycles. The molecule has 4 heterocycles. The number of hydrogen-bond donors (Lipinski definition) is 1. The van der Waals surface area contributed by atoms with Crippen molar-refractivity contribution in [3.8, 4) is 0 Å². The second kappa shape index (κ2) is 13.2. The molecule has 49 heavy (non-hydrogen) atoms. The van der Waals surface area contributed by atoms with Gasteiger partial charge in [-0.25, -0.2) is 4.79 Å². The second-order valence-corrected chi connectivity index (χ2v) is 11.7. The van der Waals surface area contributed by atoms with Gasteiger partial charge >= 0.3 is 5.97 Å². The highest BCUT2D eigenvalue weighted by molar-refractivity contribution is 5.95. The smallest absolute Gasteiger partial charge is 0.335 e. The summed E-state index contributed by atoms with van der Waals surface area (Å²) in [5.74, 6) is -1.88. The maximum atomic E-state index is 13.5. The molecule has 1 N–H and O–H groups in total. The van der Waals surface area contributed by atoms with Crippen molar-refractivity contribution in [1.29, 1.82) is 0 Å². The van der Waals surface area contributed by atoms with Crippen molar-refractivity contribution in [2.75, 3.05) is 0 Å². The molecule has 0 aliphatic carbocycles. The standard InChI is InChI=1S/C35H38N10O4/c1-7-44-29(19-22(3)38-44)31(46)36-34-40(5)25-13-9-10-14-26(25)42(34)17-11-12-18-43-27-16-15-24(33(48)49)21-28(27)41(6)35(43)37-32(47)30-20-23(4)39-45(30)8-2/h9-16,19-21H,7-8,17-18H2,1-6H3,(H,48,49)/b12-11+,36-34?,37-35?. The lowest BCUT2D eigenvalue weighted by molar-refractivity contribution is 0.0696. The Labute approximate surface area is 281 Å². The van der Waals surface area contributed by atoms with E-state index >= 15 is 0 Å². The zero-order valence-corrected chi connectivity index (χ0v) is 28.3. The Bertz CT molecular complexity index is 2440. The summed E-state index contributed by atoms with van der Waals surface area (Å²) >= 11 is 0. The molecule has 6 aromatic rings. The lowest BCUT2D eigenvalue weighted by atomic mass is 10.2. The third-order valence-electron chi connectivity index (χ3n) is 8.48. The Morgan fingerprint density at radius 2 is 1.16 bits per heavy atom. The summed E-state index contributed by atoms with van der Waals surface area (Å²) in [5.41, 5.74) is 6.38. The van der Waals surface area contributed by atoms with E-state index in [1.165, 1.54) is 6.07 Å². The monoisotopic (exact) mass is 662 g/mol. The molecule has 0 atom stereocenters. The minimum atomic E-state index is -1.05. The third kappa shape index (κ3) is 6.08. The topological polar surface area (TPSA) is 152 Å². The van der Waals surface area contributed by atoms with Gasteiger partial charge in [0, 0.05) is 40.3 Å². The van der Waals surface area contributed by atoms with Gasteiger partial charge in [-0.1, -0.05) is 24.3 Å². The fourth-order valence-corrected chi connectivity index (χ4v) is 6.13. The SMILES string of the molecule is CCn1nc(C)cc1C(=O)N=c1n(C)c2ccccc2n1C/C=C/Cn1c(=NC(=O)c2cc(C)nn2CC)n(C)c2cc(C(=O)O)ccc21. The van der Waals surface area contributed by atoms with Crippen molar-refractivity contribution < 1.29 is 19.5 Å². The van der Waals surface area contributed by atoms with Crippen molar-refractivity contribution in [2.24, 2.45) is 24.1 Å². The van der Waals surface area contributed by atoms with E-state index in [4.69, 9.17) is 0 Å². The lowest BCUT2D eigenvalue weighted by Crippen LogP contribution is -2.27. The summed E-state index contributed by atoms with van der Waals surface area (Å²) in [5, 5.41) is 18.4. The van der Waals surface area contributed by atoms with Crippen LogP contribution in [0.2, 0.25) is 0 Å². The maximum Gasteiger partial charge on any atom is 0.335 e. The number of aromatic nitrogens is 8. The number of nitrogens with zero attached hydrogens (tertiary/aromatic N) is 10. The Kier molecular flexibility index (Phi) is 8.87. The van der Waals surface area contributed by atoms with Crippen molar-refractivity contribution in [3.63, 3.8) is 0 Å². The number of rotatable bonds is 9. The van der Waals surface area contributed by atoms with E-state index < -0.39 is 11.9 Å². The van der Waals surface area contributed by atoms with Gasteiger partial charge in [-0.05, 0) is 70.2 Å². The first-order chi connectivity index (χ1) is 23.5. The zero-order valence-electron chi connectivity index (χ0n) is 28.3. The molecular weight excluding hydrogens is 624 g/mol. The van der Waals surface area contributed by atoms with Crippen LogP contribution in [0, 0.1) is 13.8 Å². The lowest BCUT2D eigenvalue weighted by Gasteiger charge is -2.04. The Morgan fingerprint density at radius 1 is 0.694 bits per heavy atom. The summed E-state index contributed by atoms with van der Waals surface area (Å²) < 4.78 is 10.7. The highest BCUT2D eigenvalue weighted by atomic mass is 16.4. The molecule has 0 radical (unpaired) electrons. The molecule has 0 spiro atoms. The number of fused-ring (bicyclic) bond motifs is 2. The molecule has 0 aliphatic rings. The number of carbonyl (C=O) groups excluding carboxylic acids is 2. The predicted octanol–water partition coefficient (Wildman–Crippen LogP) is 3.76. The number of carboxylic acid groups (broad SMARTS) is 1. The minimum Gasteiger partial charge on any atom is -0.478 e. The van der Waals surface area contributed by atoms with E-state index in [0.29, 0.717) is 65.5 Å². The number of amides is 2. The van der Waals surface area contributed by atoms with Gasteiger partial charge in [0.25, 0.3) is 11.8 Å². The van der Waals surface area contributed by atoms with Crippen molar-refractivity contribution in [3.05, 3.63) is 106 Å². The number of aromatic carboxylic acids is 1. The summed E-state index contributed by atoms with van der Waals surface area (Å²) in [4.78, 5) is 47.7. The number of carboxylic acids is 1. The maximum absolute atomic E-state index is 13.5. The number of benzene rings is 2. The number of para-hydroxylation sites is 2. The van der Waals surface area contributed by atoms with Gasteiger partial charge < -0.3 is 23.4 Å². The summed E-state index contributed by atoms with van der Waals surface area (Å²) in [6.07, 6.45) is 3.92. The number of aryl methyl sites for hydroxylation is 6. The molecule has 0 unspecified atom stereocenters. The molecule has 6 rings (SSSR count). The molecule has 4 aromatic heterocycles. The van der Waals surface area contributed by atoms with Crippen LogP contribution in [0.4, 0.5) is 0 Å². The van der Waals surface area contributed by atoms with Gasteiger partial charge in [0.15, 0.2) is 0 Å². The molecule has 14 nitrogen and oxygen atoms in total. The Morgan fingerprint density at radius 3 is 1.65 bits per heavy atom. The first-order valence-corrected chi connectivity index (χ1v) is 16.0. The Balaban J connectivity index is 1.40. The molecule has 14 heteroatoms. The number of imidazole rings is 2. The highest BCUT2D eigenvalue weighted by Gasteiger charge is 2.18. The fraction of sp³-hybridized carbons (Fsp3) is 0.286. The van der Waals surface area contributed by atoms with Crippen LogP contribution in [0.3, 0.4) is 0 Å². The normalized spacial score (nSPS) is 12.7. The quantitative estimate of drug-likeness (QED) is 0.233. The fourth-order valence-electron chi connectivity index (χ4n) is 6.13. The van der Waals surface area contributed by atoms with E-state index in [0.717, 1.165) is 16.7 Å². The molecule has 0 bridgehead atoms. The van der Waals surface area contributed by atoms with Crippen molar-refractivity contribution >= 4 is 39.9 Å². The van der Waals surface area contributed by atoms with Crippen molar-refractivity contribution in [1.82, 2.24) is 37.8 Å². The molecule has 2 amide bonds. The van der Waals surface area contributed by atoms with E-state index in [1.807, 2.05) is 84.9 Å². The largest absolute Gasteiger partial charge is 0.478 e. The number of hydrogen-bond acceptors (Lipinski definition) is 5. The molecule has 0 saturated carbocycles. The first-order valence-electron chi connectivity index (χ1n) is 16.0. The van der Waals surface area contributed by atoms with Crippen LogP contribution in [0.15, 0.2) is 76.7 Å². The van der Waals surface area contributed by atoms with Crippen LogP contribution < -0.4 is 11.2 Å². The zero-order chi connectivity index (χ0) is 35.0. The first kappa shape index (κ1) is 32.9. The predicted molar refractivity (Wildman–Crippen MR) is 183 cm³/mol. The summed E-state index contributed by atoms with van der Waals surface area (Å²) in [7, 11) is 3.64. The van der Waals surface area contributed by atoms with Gasteiger partial charge in [0.1, 0.15) is 11.4 Å². The van der Waals surface area contributed by atoms with Crippen LogP contribution in [-0.4, -0.2) is 60.7 Å². The van der Waals surface area contributed by atoms with Gasteiger partial charge in [-0.15, -0.1) is 0 Å². The average molecular weight is 663 g/mol. The van der Waals surface area contributed by atoms with Crippen LogP contribution in [0.25, 0.3) is 22.1 Å².